The van der Waals surface area contributed by atoms with Crippen molar-refractivity contribution in [1.29, 1.82) is 0 Å². The molecule has 0 aromatic rings. The smallest absolute Gasteiger partial charge is 0.410 e. The molecule has 0 saturated carbocycles. The van der Waals surface area contributed by atoms with Crippen molar-refractivity contribution in [1.82, 2.24) is 4.90 Å². The largest absolute Gasteiger partial charge is 0.444 e. The monoisotopic (exact) mass is 293 g/mol. The zero-order valence-corrected chi connectivity index (χ0v) is 12.6. The average molecular weight is 293 g/mol. The molecule has 1 saturated heterocycles. The first-order valence-electron chi connectivity index (χ1n) is 6.46. The molecule has 1 amide bonds. The van der Waals surface area contributed by atoms with Crippen molar-refractivity contribution >= 4 is 15.9 Å². The van der Waals surface area contributed by atoms with E-state index in [1.54, 1.807) is 20.8 Å². The molecule has 0 aliphatic carbocycles. The SMILES string of the molecule is CC(C)(C)OC(=O)N1CCC(S(=O)(=O)CCO)CC1. The minimum absolute atomic E-state index is 0.204. The van der Waals surface area contributed by atoms with Gasteiger partial charge in [-0.3, -0.25) is 0 Å². The maximum absolute atomic E-state index is 11.8. The van der Waals surface area contributed by atoms with Crippen LogP contribution in [0.4, 0.5) is 4.79 Å². The van der Waals surface area contributed by atoms with Gasteiger partial charge in [0.15, 0.2) is 9.84 Å². The number of aliphatic hydroxyl groups is 1. The fourth-order valence-corrected chi connectivity index (χ4v) is 3.53. The Morgan fingerprint density at radius 2 is 1.84 bits per heavy atom. The minimum atomic E-state index is -3.25. The van der Waals surface area contributed by atoms with Crippen LogP contribution >= 0.6 is 0 Å². The number of hydrogen-bond acceptors (Lipinski definition) is 5. The zero-order valence-electron chi connectivity index (χ0n) is 11.8. The van der Waals surface area contributed by atoms with E-state index in [2.05, 4.69) is 0 Å². The van der Waals surface area contributed by atoms with Crippen LogP contribution in [0.5, 0.6) is 0 Å². The first-order valence-corrected chi connectivity index (χ1v) is 8.17. The standard InChI is InChI=1S/C12H23NO5S/c1-12(2,3)18-11(15)13-6-4-10(5-7-13)19(16,17)9-8-14/h10,14H,4-9H2,1-3H3. The molecule has 1 fully saturated rings. The van der Waals surface area contributed by atoms with Crippen LogP contribution in [0.25, 0.3) is 0 Å². The summed E-state index contributed by atoms with van der Waals surface area (Å²) in [5.74, 6) is -0.204. The maximum Gasteiger partial charge on any atom is 0.410 e. The van der Waals surface area contributed by atoms with Crippen LogP contribution in [0, 0.1) is 0 Å². The summed E-state index contributed by atoms with van der Waals surface area (Å²) >= 11 is 0. The van der Waals surface area contributed by atoms with E-state index >= 15 is 0 Å². The molecule has 0 atom stereocenters. The quantitative estimate of drug-likeness (QED) is 0.832. The average Bonchev–Trinajstić information content (AvgIpc) is 2.27. The summed E-state index contributed by atoms with van der Waals surface area (Å²) in [5.41, 5.74) is -0.545. The van der Waals surface area contributed by atoms with Crippen molar-refractivity contribution < 1.29 is 23.1 Å². The molecular weight excluding hydrogens is 270 g/mol. The van der Waals surface area contributed by atoms with Crippen molar-refractivity contribution in [3.63, 3.8) is 0 Å². The second kappa shape index (κ2) is 6.09. The number of ether oxygens (including phenoxy) is 1. The third kappa shape index (κ3) is 4.99. The van der Waals surface area contributed by atoms with Crippen LogP contribution in [0.3, 0.4) is 0 Å². The number of piperidine rings is 1. The van der Waals surface area contributed by atoms with Crippen molar-refractivity contribution in [3.8, 4) is 0 Å². The molecule has 0 aromatic carbocycles. The Labute approximate surface area is 114 Å². The minimum Gasteiger partial charge on any atom is -0.444 e. The first-order chi connectivity index (χ1) is 8.65. The van der Waals surface area contributed by atoms with E-state index in [-0.39, 0.29) is 12.4 Å². The molecule has 1 rings (SSSR count). The summed E-state index contributed by atoms with van der Waals surface area (Å²) in [4.78, 5) is 13.3. The Morgan fingerprint density at radius 3 is 2.26 bits per heavy atom. The highest BCUT2D eigenvalue weighted by atomic mass is 32.2. The molecule has 1 heterocycles. The van der Waals surface area contributed by atoms with Crippen molar-refractivity contribution in [2.75, 3.05) is 25.4 Å². The molecule has 0 spiro atoms. The van der Waals surface area contributed by atoms with Gasteiger partial charge in [-0.1, -0.05) is 0 Å². The Bertz CT molecular complexity index is 404. The summed E-state index contributed by atoms with van der Waals surface area (Å²) in [7, 11) is -3.25. The Kier molecular flexibility index (Phi) is 5.20. The van der Waals surface area contributed by atoms with E-state index in [0.29, 0.717) is 25.9 Å². The number of sulfone groups is 1. The predicted molar refractivity (Wildman–Crippen MR) is 71.7 cm³/mol. The summed E-state index contributed by atoms with van der Waals surface area (Å²) in [5, 5.41) is 8.28. The second-order valence-corrected chi connectivity index (χ2v) is 8.16. The van der Waals surface area contributed by atoms with Gasteiger partial charge in [-0.15, -0.1) is 0 Å². The van der Waals surface area contributed by atoms with Crippen LogP contribution in [0.1, 0.15) is 33.6 Å². The Morgan fingerprint density at radius 1 is 1.32 bits per heavy atom. The van der Waals surface area contributed by atoms with Gasteiger partial charge in [0.05, 0.1) is 17.6 Å². The zero-order chi connectivity index (χ0) is 14.7. The van der Waals surface area contributed by atoms with E-state index in [4.69, 9.17) is 9.84 Å². The van der Waals surface area contributed by atoms with Crippen LogP contribution in [0.2, 0.25) is 0 Å². The molecule has 0 aromatic heterocycles. The molecule has 0 radical (unpaired) electrons. The van der Waals surface area contributed by atoms with Gasteiger partial charge in [-0.25, -0.2) is 13.2 Å². The molecule has 112 valence electrons. The number of aliphatic hydroxyl groups excluding tert-OH is 1. The van der Waals surface area contributed by atoms with Gasteiger partial charge >= 0.3 is 6.09 Å². The molecule has 1 aliphatic heterocycles. The topological polar surface area (TPSA) is 83.9 Å². The van der Waals surface area contributed by atoms with Crippen LogP contribution in [0.15, 0.2) is 0 Å². The van der Waals surface area contributed by atoms with Crippen LogP contribution in [-0.2, 0) is 14.6 Å². The van der Waals surface area contributed by atoms with Crippen LogP contribution < -0.4 is 0 Å². The van der Waals surface area contributed by atoms with Gasteiger partial charge in [-0.05, 0) is 33.6 Å². The molecule has 0 bridgehead atoms. The first kappa shape index (κ1) is 16.2. The van der Waals surface area contributed by atoms with Crippen molar-refractivity contribution in [2.24, 2.45) is 0 Å². The third-order valence-electron chi connectivity index (χ3n) is 2.98. The normalized spacial score (nSPS) is 18.4. The fourth-order valence-electron chi connectivity index (χ4n) is 2.02. The lowest BCUT2D eigenvalue weighted by Crippen LogP contribution is -2.45. The number of amides is 1. The van der Waals surface area contributed by atoms with Gasteiger partial charge in [0.2, 0.25) is 0 Å². The number of likely N-dealkylation sites (tertiary alicyclic amines) is 1. The Balaban J connectivity index is 2.52. The van der Waals surface area contributed by atoms with E-state index in [9.17, 15) is 13.2 Å². The van der Waals surface area contributed by atoms with Gasteiger partial charge in [0.1, 0.15) is 5.60 Å². The molecule has 19 heavy (non-hydrogen) atoms. The molecule has 1 N–H and O–H groups in total. The summed E-state index contributed by atoms with van der Waals surface area (Å²) in [6.45, 7) is 5.79. The lowest BCUT2D eigenvalue weighted by Gasteiger charge is -2.33. The molecule has 1 aliphatic rings. The maximum atomic E-state index is 11.8. The molecule has 0 unspecified atom stereocenters. The number of carbonyl (C=O) groups is 1. The fraction of sp³-hybridized carbons (Fsp3) is 0.917. The van der Waals surface area contributed by atoms with Gasteiger partial charge in [0.25, 0.3) is 0 Å². The van der Waals surface area contributed by atoms with Crippen LogP contribution in [-0.4, -0.2) is 60.8 Å². The molecule has 7 heteroatoms. The van der Waals surface area contributed by atoms with E-state index in [0.717, 1.165) is 0 Å². The van der Waals surface area contributed by atoms with E-state index < -0.39 is 26.8 Å². The predicted octanol–water partition coefficient (Wildman–Crippen LogP) is 0.793. The van der Waals surface area contributed by atoms with Gasteiger partial charge in [0, 0.05) is 13.1 Å². The van der Waals surface area contributed by atoms with Gasteiger partial charge in [-0.2, -0.15) is 0 Å². The summed E-state index contributed by atoms with van der Waals surface area (Å²) in [6.07, 6.45) is 0.411. The molecule has 6 nitrogen and oxygen atoms in total. The lowest BCUT2D eigenvalue weighted by atomic mass is 10.1. The summed E-state index contributed by atoms with van der Waals surface area (Å²) in [6, 6.07) is 0. The molecular formula is C12H23NO5S. The van der Waals surface area contributed by atoms with Crippen molar-refractivity contribution in [2.45, 2.75) is 44.5 Å². The van der Waals surface area contributed by atoms with E-state index in [1.165, 1.54) is 4.90 Å². The highest BCUT2D eigenvalue weighted by molar-refractivity contribution is 7.92. The number of carbonyl (C=O) groups excluding carboxylic acids is 1. The number of nitrogens with zero attached hydrogens (tertiary/aromatic N) is 1. The van der Waals surface area contributed by atoms with Crippen molar-refractivity contribution in [3.05, 3.63) is 0 Å². The lowest BCUT2D eigenvalue weighted by molar-refractivity contribution is 0.0217. The highest BCUT2D eigenvalue weighted by Gasteiger charge is 2.32. The van der Waals surface area contributed by atoms with E-state index in [1.807, 2.05) is 0 Å². The van der Waals surface area contributed by atoms with Gasteiger partial charge < -0.3 is 14.7 Å². The third-order valence-corrected chi connectivity index (χ3v) is 5.22. The number of hydrogen-bond donors (Lipinski definition) is 1. The summed E-state index contributed by atoms with van der Waals surface area (Å²) < 4.78 is 28.8. The number of rotatable bonds is 3. The second-order valence-electron chi connectivity index (χ2n) is 5.76. The highest BCUT2D eigenvalue weighted by Crippen LogP contribution is 2.20. The Hall–Kier alpha value is -0.820.